The molecule has 0 aromatic heterocycles. The molecule has 156 valence electrons. The van der Waals surface area contributed by atoms with Gasteiger partial charge in [-0.25, -0.2) is 4.79 Å². The highest BCUT2D eigenvalue weighted by atomic mass is 16.5. The van der Waals surface area contributed by atoms with Crippen LogP contribution in [0.1, 0.15) is 43.0 Å². The van der Waals surface area contributed by atoms with Crippen LogP contribution in [0.25, 0.3) is 5.57 Å². The highest BCUT2D eigenvalue weighted by Crippen LogP contribution is 2.30. The minimum Gasteiger partial charge on any atom is -0.493 e. The zero-order chi connectivity index (χ0) is 21.6. The number of methoxy groups -OCH3 is 2. The van der Waals surface area contributed by atoms with Crippen molar-refractivity contribution < 1.29 is 14.3 Å². The van der Waals surface area contributed by atoms with E-state index in [2.05, 4.69) is 23.3 Å². The van der Waals surface area contributed by atoms with Crippen molar-refractivity contribution in [1.29, 1.82) is 0 Å². The molecule has 0 bridgehead atoms. The third-order valence-corrected chi connectivity index (χ3v) is 5.03. The summed E-state index contributed by atoms with van der Waals surface area (Å²) in [7, 11) is 3.24. The lowest BCUT2D eigenvalue weighted by Gasteiger charge is -2.27. The minimum absolute atomic E-state index is 0.200. The Morgan fingerprint density at radius 2 is 1.76 bits per heavy atom. The number of ether oxygens (including phenoxy) is 2. The number of aryl methyl sites for hydroxylation is 1. The Labute approximate surface area is 174 Å². The zero-order valence-electron chi connectivity index (χ0n) is 18.3. The maximum atomic E-state index is 12.5. The van der Waals surface area contributed by atoms with Gasteiger partial charge < -0.3 is 20.1 Å². The lowest BCUT2D eigenvalue weighted by atomic mass is 9.92. The van der Waals surface area contributed by atoms with Crippen LogP contribution in [0.5, 0.6) is 11.5 Å². The molecule has 0 unspecified atom stereocenters. The first-order valence-corrected chi connectivity index (χ1v) is 9.72. The second kappa shape index (κ2) is 9.50. The number of urea groups is 1. The Morgan fingerprint density at radius 3 is 2.38 bits per heavy atom. The van der Waals surface area contributed by atoms with Crippen molar-refractivity contribution in [3.05, 3.63) is 65.2 Å². The third kappa shape index (κ3) is 5.76. The molecule has 2 amide bonds. The van der Waals surface area contributed by atoms with Crippen LogP contribution in [0.3, 0.4) is 0 Å². The van der Waals surface area contributed by atoms with Crippen molar-refractivity contribution >= 4 is 11.6 Å². The smallest absolute Gasteiger partial charge is 0.315 e. The molecule has 2 aromatic carbocycles. The number of hydrogen-bond acceptors (Lipinski definition) is 3. The fourth-order valence-corrected chi connectivity index (χ4v) is 3.18. The fraction of sp³-hybridized carbons (Fsp3) is 0.375. The average Bonchev–Trinajstić information content (AvgIpc) is 2.68. The first kappa shape index (κ1) is 22.3. The van der Waals surface area contributed by atoms with Gasteiger partial charge in [-0.3, -0.25) is 0 Å². The van der Waals surface area contributed by atoms with Gasteiger partial charge in [0.1, 0.15) is 0 Å². The predicted octanol–water partition coefficient (Wildman–Crippen LogP) is 4.82. The summed E-state index contributed by atoms with van der Waals surface area (Å²) in [4.78, 5) is 12.5. The summed E-state index contributed by atoms with van der Waals surface area (Å²) in [5, 5.41) is 6.00. The van der Waals surface area contributed by atoms with Crippen LogP contribution < -0.4 is 20.1 Å². The first-order valence-electron chi connectivity index (χ1n) is 9.72. The number of nitrogens with one attached hydrogen (secondary N) is 2. The lowest BCUT2D eigenvalue weighted by molar-refractivity contribution is 0.230. The van der Waals surface area contributed by atoms with Crippen LogP contribution in [-0.2, 0) is 12.0 Å². The maximum Gasteiger partial charge on any atom is 0.315 e. The van der Waals surface area contributed by atoms with E-state index in [4.69, 9.17) is 9.47 Å². The van der Waals surface area contributed by atoms with E-state index >= 15 is 0 Å². The quantitative estimate of drug-likeness (QED) is 0.672. The van der Waals surface area contributed by atoms with E-state index in [1.54, 1.807) is 14.2 Å². The van der Waals surface area contributed by atoms with Gasteiger partial charge in [0.25, 0.3) is 0 Å². The van der Waals surface area contributed by atoms with Crippen LogP contribution >= 0.6 is 0 Å². The van der Waals surface area contributed by atoms with E-state index in [0.29, 0.717) is 24.5 Å². The standard InChI is InChI=1S/C24H32N2O3/c1-16(2)18-9-8-10-20(14-18)24(4,5)26-23(27)25-12-11-19-15-22(29-7)21(28-6)13-17(19)3/h8-10,13-15H,1,11-12H2,2-7H3,(H2,25,26,27). The van der Waals surface area contributed by atoms with Crippen molar-refractivity contribution in [3.8, 4) is 11.5 Å². The number of allylic oxidation sites excluding steroid dienone is 1. The summed E-state index contributed by atoms with van der Waals surface area (Å²) >= 11 is 0. The summed E-state index contributed by atoms with van der Waals surface area (Å²) in [6.07, 6.45) is 0.700. The zero-order valence-corrected chi connectivity index (χ0v) is 18.3. The van der Waals surface area contributed by atoms with E-state index < -0.39 is 5.54 Å². The largest absolute Gasteiger partial charge is 0.493 e. The summed E-state index contributed by atoms with van der Waals surface area (Å²) < 4.78 is 10.7. The highest BCUT2D eigenvalue weighted by molar-refractivity contribution is 5.75. The molecule has 0 atom stereocenters. The molecule has 0 aliphatic heterocycles. The van der Waals surface area contributed by atoms with E-state index in [9.17, 15) is 4.79 Å². The summed E-state index contributed by atoms with van der Waals surface area (Å²) in [6, 6.07) is 11.8. The molecule has 29 heavy (non-hydrogen) atoms. The molecule has 0 fully saturated rings. The molecule has 2 aromatic rings. The molecule has 0 aliphatic rings. The molecular weight excluding hydrogens is 364 g/mol. The molecule has 0 saturated heterocycles. The Hall–Kier alpha value is -2.95. The Kier molecular flexibility index (Phi) is 7.32. The highest BCUT2D eigenvalue weighted by Gasteiger charge is 2.23. The van der Waals surface area contributed by atoms with Crippen molar-refractivity contribution in [3.63, 3.8) is 0 Å². The molecule has 5 nitrogen and oxygen atoms in total. The van der Waals surface area contributed by atoms with Crippen LogP contribution in [0, 0.1) is 6.92 Å². The molecule has 5 heteroatoms. The number of hydrogen-bond donors (Lipinski definition) is 2. The summed E-state index contributed by atoms with van der Waals surface area (Å²) in [6.45, 7) is 12.5. The van der Waals surface area contributed by atoms with Gasteiger partial charge in [0.15, 0.2) is 11.5 Å². The van der Waals surface area contributed by atoms with Crippen LogP contribution in [0.4, 0.5) is 4.79 Å². The van der Waals surface area contributed by atoms with Gasteiger partial charge in [0, 0.05) is 6.54 Å². The Balaban J connectivity index is 1.98. The number of carbonyl (C=O) groups is 1. The second-order valence-corrected chi connectivity index (χ2v) is 7.75. The molecule has 0 aliphatic carbocycles. The lowest BCUT2D eigenvalue weighted by Crippen LogP contribution is -2.47. The maximum absolute atomic E-state index is 12.5. The normalized spacial score (nSPS) is 11.0. The molecule has 0 heterocycles. The molecule has 2 N–H and O–H groups in total. The third-order valence-electron chi connectivity index (χ3n) is 5.03. The second-order valence-electron chi connectivity index (χ2n) is 7.75. The number of amides is 2. The Bertz CT molecular complexity index is 888. The van der Waals surface area contributed by atoms with Crippen molar-refractivity contribution in [2.45, 2.75) is 39.7 Å². The number of carbonyl (C=O) groups excluding carboxylic acids is 1. The predicted molar refractivity (Wildman–Crippen MR) is 119 cm³/mol. The number of rotatable bonds is 8. The first-order chi connectivity index (χ1) is 13.7. The van der Waals surface area contributed by atoms with Gasteiger partial charge in [-0.15, -0.1) is 0 Å². The topological polar surface area (TPSA) is 59.6 Å². The van der Waals surface area contributed by atoms with Crippen LogP contribution in [0.15, 0.2) is 43.0 Å². The van der Waals surface area contributed by atoms with Crippen molar-refractivity contribution in [2.24, 2.45) is 0 Å². The van der Waals surface area contributed by atoms with E-state index in [0.717, 1.165) is 27.8 Å². The van der Waals surface area contributed by atoms with E-state index in [-0.39, 0.29) is 6.03 Å². The van der Waals surface area contributed by atoms with E-state index in [1.807, 2.05) is 58.0 Å². The van der Waals surface area contributed by atoms with Gasteiger partial charge in [-0.1, -0.05) is 30.4 Å². The van der Waals surface area contributed by atoms with Gasteiger partial charge in [0.2, 0.25) is 0 Å². The van der Waals surface area contributed by atoms with Crippen molar-refractivity contribution in [2.75, 3.05) is 20.8 Å². The average molecular weight is 397 g/mol. The van der Waals surface area contributed by atoms with Gasteiger partial charge >= 0.3 is 6.03 Å². The van der Waals surface area contributed by atoms with E-state index in [1.165, 1.54) is 0 Å². The monoisotopic (exact) mass is 396 g/mol. The molecule has 2 rings (SSSR count). The molecule has 0 spiro atoms. The van der Waals surface area contributed by atoms with Crippen molar-refractivity contribution in [1.82, 2.24) is 10.6 Å². The summed E-state index contributed by atoms with van der Waals surface area (Å²) in [5.74, 6) is 1.40. The number of benzene rings is 2. The minimum atomic E-state index is -0.505. The fourth-order valence-electron chi connectivity index (χ4n) is 3.18. The van der Waals surface area contributed by atoms with Gasteiger partial charge in [0.05, 0.1) is 19.8 Å². The van der Waals surface area contributed by atoms with Gasteiger partial charge in [-0.05, 0) is 74.6 Å². The molecule has 0 saturated carbocycles. The van der Waals surface area contributed by atoms with Crippen LogP contribution in [0.2, 0.25) is 0 Å². The van der Waals surface area contributed by atoms with Gasteiger partial charge in [-0.2, -0.15) is 0 Å². The Morgan fingerprint density at radius 1 is 1.10 bits per heavy atom. The molecular formula is C24H32N2O3. The van der Waals surface area contributed by atoms with Crippen LogP contribution in [-0.4, -0.2) is 26.8 Å². The molecule has 0 radical (unpaired) electrons. The summed E-state index contributed by atoms with van der Waals surface area (Å²) in [5.41, 5.74) is 4.80. The SMILES string of the molecule is C=C(C)c1cccc(C(C)(C)NC(=O)NCCc2cc(OC)c(OC)cc2C)c1.